The minimum Gasteiger partial charge on any atom is -0.494 e. The molecule has 0 saturated carbocycles. The predicted molar refractivity (Wildman–Crippen MR) is 49.2 cm³/mol. The van der Waals surface area contributed by atoms with Crippen LogP contribution in [-0.2, 0) is 0 Å². The van der Waals surface area contributed by atoms with Gasteiger partial charge >= 0.3 is 23.1 Å². The Hall–Kier alpha value is 0.196. The second kappa shape index (κ2) is 4.95. The zero-order valence-electron chi connectivity index (χ0n) is 5.40. The Bertz CT molecular complexity index is 242. The molecule has 0 spiro atoms. The highest BCUT2D eigenvalue weighted by atomic mass is 79.9. The summed E-state index contributed by atoms with van der Waals surface area (Å²) in [5, 5.41) is 0. The molecule has 0 aliphatic heterocycles. The van der Waals surface area contributed by atoms with Crippen molar-refractivity contribution in [2.75, 3.05) is 7.11 Å². The van der Waals surface area contributed by atoms with Crippen molar-refractivity contribution in [1.82, 2.24) is 0 Å². The summed E-state index contributed by atoms with van der Waals surface area (Å²) in [6.45, 7) is 0. The van der Waals surface area contributed by atoms with Crippen molar-refractivity contribution in [2.45, 2.75) is 0 Å². The van der Waals surface area contributed by atoms with E-state index in [-0.39, 0.29) is 34.6 Å². The maximum absolute atomic E-state index is 12.7. The molecule has 0 bridgehead atoms. The highest BCUT2D eigenvalue weighted by Crippen LogP contribution is 2.20. The van der Waals surface area contributed by atoms with Crippen LogP contribution in [0, 0.1) is 5.82 Å². The van der Waals surface area contributed by atoms with Crippen LogP contribution >= 0.6 is 15.9 Å². The topological polar surface area (TPSA) is 9.23 Å². The second-order valence-corrected chi connectivity index (χ2v) is 2.69. The molecule has 0 atom stereocenters. The van der Waals surface area contributed by atoms with Crippen LogP contribution in [0.3, 0.4) is 0 Å². The molecule has 1 aromatic carbocycles. The summed E-state index contributed by atoms with van der Waals surface area (Å²) in [6.07, 6.45) is 0. The fourth-order valence-corrected chi connectivity index (χ4v) is 0.974. The Balaban J connectivity index is 0.000001000. The molecule has 0 N–H and O–H groups in total. The lowest BCUT2D eigenvalue weighted by atomic mass is 10.3. The average molecular weight is 231 g/mol. The van der Waals surface area contributed by atoms with Gasteiger partial charge < -0.3 is 4.74 Å². The largest absolute Gasteiger partial charge is 0.494 e. The van der Waals surface area contributed by atoms with Gasteiger partial charge in [-0.15, -0.1) is 0 Å². The summed E-state index contributed by atoms with van der Waals surface area (Å²) >= 11 is 3.13. The van der Waals surface area contributed by atoms with E-state index >= 15 is 0 Å². The zero-order chi connectivity index (χ0) is 7.56. The molecule has 0 heterocycles. The van der Waals surface area contributed by atoms with Gasteiger partial charge in [-0.1, -0.05) is 15.9 Å². The number of hydrogen-bond acceptors (Lipinski definition) is 1. The molecule has 0 aromatic heterocycles. The normalized spacial score (nSPS) is 8.64. The van der Waals surface area contributed by atoms with Crippen molar-refractivity contribution < 1.29 is 9.13 Å². The van der Waals surface area contributed by atoms with Gasteiger partial charge in [-0.05, 0) is 18.2 Å². The Labute approximate surface area is 89.2 Å². The molecule has 0 radical (unpaired) electrons. The molecule has 1 nitrogen and oxygen atoms in total. The third-order valence-corrected chi connectivity index (χ3v) is 1.61. The molecule has 0 fully saturated rings. The van der Waals surface area contributed by atoms with Crippen LogP contribution in [0.25, 0.3) is 0 Å². The molecule has 58 valence electrons. The van der Waals surface area contributed by atoms with Crippen LogP contribution in [0.2, 0.25) is 0 Å². The van der Waals surface area contributed by atoms with Gasteiger partial charge in [-0.3, -0.25) is 0 Å². The lowest BCUT2D eigenvalue weighted by molar-refractivity contribution is 0.386. The van der Waals surface area contributed by atoms with E-state index in [1.807, 2.05) is 0 Å². The average Bonchev–Trinajstić information content (AvgIpc) is 1.88. The van der Waals surface area contributed by atoms with Crippen molar-refractivity contribution in [3.8, 4) is 5.75 Å². The molecule has 0 aliphatic rings. The van der Waals surface area contributed by atoms with E-state index in [1.54, 1.807) is 12.1 Å². The molecule has 0 unspecified atom stereocenters. The van der Waals surface area contributed by atoms with Gasteiger partial charge in [-0.2, -0.15) is 0 Å². The van der Waals surface area contributed by atoms with Crippen molar-refractivity contribution in [3.63, 3.8) is 0 Å². The van der Waals surface area contributed by atoms with Gasteiger partial charge in [0.15, 0.2) is 11.6 Å². The minimum absolute atomic E-state index is 0. The van der Waals surface area contributed by atoms with Gasteiger partial charge in [0.1, 0.15) is 0 Å². The molecule has 0 aliphatic carbocycles. The quantitative estimate of drug-likeness (QED) is 0.668. The van der Waals surface area contributed by atoms with Crippen LogP contribution < -0.4 is 4.74 Å². The van der Waals surface area contributed by atoms with Gasteiger partial charge in [0, 0.05) is 4.47 Å². The number of ether oxygens (including phenoxy) is 1. The SMILES string of the molecule is COc1ccc(Br)cc1F.[MgH2]. The van der Waals surface area contributed by atoms with E-state index in [0.717, 1.165) is 0 Å². The second-order valence-electron chi connectivity index (χ2n) is 1.78. The number of methoxy groups -OCH3 is 1. The van der Waals surface area contributed by atoms with Gasteiger partial charge in [0.25, 0.3) is 0 Å². The number of rotatable bonds is 1. The van der Waals surface area contributed by atoms with Crippen LogP contribution in [0.1, 0.15) is 0 Å². The number of benzene rings is 1. The third-order valence-electron chi connectivity index (χ3n) is 1.11. The third kappa shape index (κ3) is 2.97. The summed E-state index contributed by atoms with van der Waals surface area (Å²) in [6, 6.07) is 4.65. The first-order chi connectivity index (χ1) is 4.74. The Kier molecular flexibility index (Phi) is 5.04. The van der Waals surface area contributed by atoms with E-state index in [4.69, 9.17) is 4.74 Å². The maximum Gasteiger partial charge on any atom is 0.316 e. The first-order valence-electron chi connectivity index (χ1n) is 2.73. The zero-order valence-corrected chi connectivity index (χ0v) is 6.98. The summed E-state index contributed by atoms with van der Waals surface area (Å²) in [5.74, 6) is -0.0833. The Morgan fingerprint density at radius 3 is 2.55 bits per heavy atom. The molecular weight excluding hydrogens is 223 g/mol. The van der Waals surface area contributed by atoms with Crippen molar-refractivity contribution in [1.29, 1.82) is 0 Å². The number of halogens is 2. The minimum atomic E-state index is -0.350. The summed E-state index contributed by atoms with van der Waals surface area (Å²) in [7, 11) is 1.44. The fraction of sp³-hybridized carbons (Fsp3) is 0.143. The van der Waals surface area contributed by atoms with Crippen LogP contribution in [0.15, 0.2) is 22.7 Å². The van der Waals surface area contributed by atoms with E-state index in [0.29, 0.717) is 4.47 Å². The summed E-state index contributed by atoms with van der Waals surface area (Å²) in [5.41, 5.74) is 0. The Morgan fingerprint density at radius 1 is 1.45 bits per heavy atom. The maximum atomic E-state index is 12.7. The highest BCUT2D eigenvalue weighted by Gasteiger charge is 1.99. The van der Waals surface area contributed by atoms with Crippen LogP contribution in [-0.4, -0.2) is 30.2 Å². The van der Waals surface area contributed by atoms with Crippen LogP contribution in [0.5, 0.6) is 5.75 Å². The van der Waals surface area contributed by atoms with E-state index < -0.39 is 0 Å². The summed E-state index contributed by atoms with van der Waals surface area (Å²) in [4.78, 5) is 0. The smallest absolute Gasteiger partial charge is 0.316 e. The van der Waals surface area contributed by atoms with Crippen LogP contribution in [0.4, 0.5) is 4.39 Å². The monoisotopic (exact) mass is 230 g/mol. The van der Waals surface area contributed by atoms with Gasteiger partial charge in [0.2, 0.25) is 0 Å². The standard InChI is InChI=1S/C7H6BrFO.Mg.2H/c1-10-7-3-2-5(8)4-6(7)9;;;/h2-4H,1H3;;;. The first-order valence-corrected chi connectivity index (χ1v) is 3.52. The first kappa shape index (κ1) is 11.2. The fourth-order valence-electron chi connectivity index (χ4n) is 0.641. The van der Waals surface area contributed by atoms with Gasteiger partial charge in [-0.25, -0.2) is 4.39 Å². The van der Waals surface area contributed by atoms with Crippen molar-refractivity contribution in [3.05, 3.63) is 28.5 Å². The molecule has 0 saturated heterocycles. The van der Waals surface area contributed by atoms with Gasteiger partial charge in [0.05, 0.1) is 7.11 Å². The van der Waals surface area contributed by atoms with E-state index in [1.165, 1.54) is 13.2 Å². The lowest BCUT2D eigenvalue weighted by Gasteiger charge is -1.99. The molecule has 1 aromatic rings. The van der Waals surface area contributed by atoms with Crippen molar-refractivity contribution >= 4 is 39.0 Å². The van der Waals surface area contributed by atoms with Crippen molar-refractivity contribution in [2.24, 2.45) is 0 Å². The highest BCUT2D eigenvalue weighted by molar-refractivity contribution is 9.10. The molecule has 0 amide bonds. The molecule has 11 heavy (non-hydrogen) atoms. The van der Waals surface area contributed by atoms with E-state index in [2.05, 4.69) is 15.9 Å². The Morgan fingerprint density at radius 2 is 2.09 bits per heavy atom. The lowest BCUT2D eigenvalue weighted by Crippen LogP contribution is -1.86. The van der Waals surface area contributed by atoms with E-state index in [9.17, 15) is 4.39 Å². The summed E-state index contributed by atoms with van der Waals surface area (Å²) < 4.78 is 18.1. The molecule has 4 heteroatoms. The predicted octanol–water partition coefficient (Wildman–Crippen LogP) is 1.68. The number of hydrogen-bond donors (Lipinski definition) is 0. The molecular formula is C7H8BrFMgO. The molecule has 1 rings (SSSR count).